The fourth-order valence-corrected chi connectivity index (χ4v) is 4.17. The molecule has 3 atom stereocenters. The summed E-state index contributed by atoms with van der Waals surface area (Å²) in [7, 11) is 0. The maximum atomic E-state index is 13.6. The molecule has 0 spiro atoms. The van der Waals surface area contributed by atoms with Crippen LogP contribution in [0.1, 0.15) is 43.1 Å². The molecule has 0 bridgehead atoms. The number of carbonyl (C=O) groups excluding carboxylic acids is 2. The van der Waals surface area contributed by atoms with Crippen molar-refractivity contribution in [3.05, 3.63) is 58.2 Å². The number of nitrogens with two attached hydrogens (primary N) is 1. The molecule has 0 aromatic heterocycles. The van der Waals surface area contributed by atoms with Crippen molar-refractivity contribution in [2.24, 2.45) is 11.1 Å². The van der Waals surface area contributed by atoms with Crippen molar-refractivity contribution in [3.8, 4) is 6.07 Å². The van der Waals surface area contributed by atoms with E-state index in [1.165, 1.54) is 0 Å². The molecule has 0 saturated heterocycles. The second-order valence-electron chi connectivity index (χ2n) is 6.85. The first-order valence-corrected chi connectivity index (χ1v) is 8.70. The van der Waals surface area contributed by atoms with Gasteiger partial charge in [-0.25, -0.2) is 4.79 Å². The summed E-state index contributed by atoms with van der Waals surface area (Å²) in [6.07, 6.45) is 0.238. The topological polar surface area (TPSA) is 112 Å². The number of ether oxygens (including phenoxy) is 3. The number of allylic oxidation sites excluding steroid dienone is 1. The molecule has 0 amide bonds. The Morgan fingerprint density at radius 1 is 1.37 bits per heavy atom. The SMILES string of the molecule is CC[C@@H](C)OC(=O)C1=C(C)O[C@]23OC(N)=C(C#N)[C@@]12C(=O)c1ccccc13. The van der Waals surface area contributed by atoms with Crippen molar-refractivity contribution in [1.82, 2.24) is 0 Å². The molecule has 2 N–H and O–H groups in total. The highest BCUT2D eigenvalue weighted by Crippen LogP contribution is 2.69. The number of benzene rings is 1. The molecule has 1 aromatic carbocycles. The molecule has 27 heavy (non-hydrogen) atoms. The Balaban J connectivity index is 2.00. The molecule has 0 fully saturated rings. The van der Waals surface area contributed by atoms with Gasteiger partial charge in [0.2, 0.25) is 5.88 Å². The van der Waals surface area contributed by atoms with E-state index < -0.39 is 23.0 Å². The lowest BCUT2D eigenvalue weighted by Crippen LogP contribution is -2.45. The number of esters is 1. The average molecular weight is 366 g/mol. The maximum absolute atomic E-state index is 13.6. The standard InChI is InChI=1S/C20H18N2O5/c1-4-10(2)25-18(24)15-11(3)26-20-13-8-6-5-7-12(13)16(23)19(15,20)14(9-21)17(22)27-20/h5-8,10H,4,22H2,1-3H3/t10-,19+,20-/m1/s1. The lowest BCUT2D eigenvalue weighted by molar-refractivity contribution is -0.199. The highest BCUT2D eigenvalue weighted by molar-refractivity contribution is 6.16. The van der Waals surface area contributed by atoms with E-state index in [-0.39, 0.29) is 28.9 Å². The van der Waals surface area contributed by atoms with Gasteiger partial charge in [0.15, 0.2) is 11.2 Å². The third-order valence-electron chi connectivity index (χ3n) is 5.46. The summed E-state index contributed by atoms with van der Waals surface area (Å²) in [6, 6.07) is 8.70. The molecular formula is C20H18N2O5. The van der Waals surface area contributed by atoms with Gasteiger partial charge in [-0.05, 0) is 20.3 Å². The van der Waals surface area contributed by atoms with Gasteiger partial charge in [0.05, 0.1) is 6.10 Å². The number of carbonyl (C=O) groups is 2. The van der Waals surface area contributed by atoms with E-state index in [0.717, 1.165) is 0 Å². The van der Waals surface area contributed by atoms with Gasteiger partial charge in [0, 0.05) is 11.1 Å². The first kappa shape index (κ1) is 17.2. The van der Waals surface area contributed by atoms with E-state index in [0.29, 0.717) is 17.5 Å². The molecule has 0 unspecified atom stereocenters. The van der Waals surface area contributed by atoms with Crippen molar-refractivity contribution < 1.29 is 23.8 Å². The lowest BCUT2D eigenvalue weighted by Gasteiger charge is -2.31. The van der Waals surface area contributed by atoms with E-state index in [1.54, 1.807) is 38.1 Å². The van der Waals surface area contributed by atoms with Gasteiger partial charge in [-0.3, -0.25) is 4.79 Å². The van der Waals surface area contributed by atoms with Crippen molar-refractivity contribution in [2.75, 3.05) is 0 Å². The minimum Gasteiger partial charge on any atom is -0.459 e. The average Bonchev–Trinajstić information content (AvgIpc) is 3.11. The molecule has 7 nitrogen and oxygen atoms in total. The van der Waals surface area contributed by atoms with Crippen LogP contribution in [0.15, 0.2) is 47.1 Å². The summed E-state index contributed by atoms with van der Waals surface area (Å²) >= 11 is 0. The zero-order valence-electron chi connectivity index (χ0n) is 15.2. The first-order chi connectivity index (χ1) is 12.8. The Morgan fingerprint density at radius 2 is 2.07 bits per heavy atom. The molecule has 7 heteroatoms. The maximum Gasteiger partial charge on any atom is 0.339 e. The lowest BCUT2D eigenvalue weighted by atomic mass is 9.69. The van der Waals surface area contributed by atoms with Gasteiger partial charge in [0.25, 0.3) is 0 Å². The molecule has 1 aliphatic carbocycles. The number of nitriles is 1. The summed E-state index contributed by atoms with van der Waals surface area (Å²) in [5.41, 5.74) is 4.77. The number of Topliss-reactive ketones (excluding diaryl/α,β-unsaturated/α-hetero) is 1. The zero-order chi connectivity index (χ0) is 19.6. The number of hydrogen-bond acceptors (Lipinski definition) is 7. The molecule has 4 rings (SSSR count). The number of nitrogens with zero attached hydrogens (tertiary/aromatic N) is 1. The Labute approximate surface area is 156 Å². The molecule has 1 aromatic rings. The molecule has 0 saturated carbocycles. The zero-order valence-corrected chi connectivity index (χ0v) is 15.2. The first-order valence-electron chi connectivity index (χ1n) is 8.70. The van der Waals surface area contributed by atoms with Crippen LogP contribution >= 0.6 is 0 Å². The Bertz CT molecular complexity index is 1000. The van der Waals surface area contributed by atoms with Crippen LogP contribution in [-0.2, 0) is 24.8 Å². The highest BCUT2D eigenvalue weighted by Gasteiger charge is 2.80. The summed E-state index contributed by atoms with van der Waals surface area (Å²) in [6.45, 7) is 5.19. The van der Waals surface area contributed by atoms with Crippen LogP contribution in [-0.4, -0.2) is 17.9 Å². The number of hydrogen-bond donors (Lipinski definition) is 1. The molecule has 2 aliphatic heterocycles. The number of rotatable bonds is 3. The van der Waals surface area contributed by atoms with Gasteiger partial charge in [-0.1, -0.05) is 31.2 Å². The fourth-order valence-electron chi connectivity index (χ4n) is 4.17. The van der Waals surface area contributed by atoms with Crippen LogP contribution in [0.25, 0.3) is 0 Å². The van der Waals surface area contributed by atoms with Crippen LogP contribution < -0.4 is 5.73 Å². The minimum atomic E-state index is -1.79. The molecular weight excluding hydrogens is 348 g/mol. The van der Waals surface area contributed by atoms with E-state index in [9.17, 15) is 14.9 Å². The second-order valence-corrected chi connectivity index (χ2v) is 6.85. The highest BCUT2D eigenvalue weighted by atomic mass is 16.7. The van der Waals surface area contributed by atoms with E-state index in [1.807, 2.05) is 13.0 Å². The molecule has 3 aliphatic rings. The van der Waals surface area contributed by atoms with Crippen molar-refractivity contribution in [3.63, 3.8) is 0 Å². The Morgan fingerprint density at radius 3 is 2.74 bits per heavy atom. The van der Waals surface area contributed by atoms with Crippen molar-refractivity contribution in [1.29, 1.82) is 5.26 Å². The molecule has 0 radical (unpaired) electrons. The summed E-state index contributed by atoms with van der Waals surface area (Å²) < 4.78 is 17.3. The number of ketones is 1. The van der Waals surface area contributed by atoms with Gasteiger partial charge < -0.3 is 19.9 Å². The normalized spacial score (nSPS) is 28.7. The van der Waals surface area contributed by atoms with E-state index >= 15 is 0 Å². The predicted octanol–water partition coefficient (Wildman–Crippen LogP) is 2.39. The van der Waals surface area contributed by atoms with Crippen LogP contribution in [0, 0.1) is 16.7 Å². The van der Waals surface area contributed by atoms with E-state index in [4.69, 9.17) is 19.9 Å². The minimum absolute atomic E-state index is 0.0269. The van der Waals surface area contributed by atoms with Crippen molar-refractivity contribution >= 4 is 11.8 Å². The fraction of sp³-hybridized carbons (Fsp3) is 0.350. The van der Waals surface area contributed by atoms with Gasteiger partial charge in [0.1, 0.15) is 23.0 Å². The van der Waals surface area contributed by atoms with Crippen LogP contribution in [0.4, 0.5) is 0 Å². The third kappa shape index (κ3) is 1.75. The monoisotopic (exact) mass is 366 g/mol. The smallest absolute Gasteiger partial charge is 0.339 e. The summed E-state index contributed by atoms with van der Waals surface area (Å²) in [5, 5.41) is 9.78. The third-order valence-corrected chi connectivity index (χ3v) is 5.46. The Hall–Kier alpha value is -3.27. The molecule has 138 valence electrons. The summed E-state index contributed by atoms with van der Waals surface area (Å²) in [4.78, 5) is 26.6. The van der Waals surface area contributed by atoms with Crippen LogP contribution in [0.5, 0.6) is 0 Å². The van der Waals surface area contributed by atoms with Crippen LogP contribution in [0.3, 0.4) is 0 Å². The predicted molar refractivity (Wildman–Crippen MR) is 92.4 cm³/mol. The summed E-state index contributed by atoms with van der Waals surface area (Å²) in [5.74, 6) is -2.89. The largest absolute Gasteiger partial charge is 0.459 e. The van der Waals surface area contributed by atoms with E-state index in [2.05, 4.69) is 0 Å². The quantitative estimate of drug-likeness (QED) is 0.817. The number of fused-ring (bicyclic) bond motifs is 1. The van der Waals surface area contributed by atoms with Gasteiger partial charge in [-0.2, -0.15) is 5.26 Å². The molecule has 2 heterocycles. The van der Waals surface area contributed by atoms with Crippen molar-refractivity contribution in [2.45, 2.75) is 39.1 Å². The van der Waals surface area contributed by atoms with Gasteiger partial charge >= 0.3 is 11.8 Å². The van der Waals surface area contributed by atoms with Crippen LogP contribution in [0.2, 0.25) is 0 Å². The second kappa shape index (κ2) is 5.36. The Kier molecular flexibility index (Phi) is 3.41. The van der Waals surface area contributed by atoms with Gasteiger partial charge in [-0.15, -0.1) is 0 Å².